The number of rotatable bonds is 75. The summed E-state index contributed by atoms with van der Waals surface area (Å²) < 4.78 is 34.4. The summed E-state index contributed by atoms with van der Waals surface area (Å²) in [7, 11) is 1.20. The molecule has 2 unspecified atom stereocenters. The smallest absolute Gasteiger partial charge is 0.306 e. The van der Waals surface area contributed by atoms with E-state index in [0.29, 0.717) is 17.4 Å². The maximum absolute atomic E-state index is 12.9. The van der Waals surface area contributed by atoms with Crippen LogP contribution in [0.15, 0.2) is 0 Å². The summed E-state index contributed by atoms with van der Waals surface area (Å²) in [5.41, 5.74) is 0. The highest BCUT2D eigenvalue weighted by Crippen LogP contribution is 2.38. The van der Waals surface area contributed by atoms with E-state index in [1.54, 1.807) is 0 Å². The number of likely N-dealkylation sites (N-methyl/N-ethyl adjacent to an activating group) is 1. The van der Waals surface area contributed by atoms with Gasteiger partial charge >= 0.3 is 11.9 Å². The molecule has 0 aliphatic carbocycles. The van der Waals surface area contributed by atoms with Gasteiger partial charge in [0.15, 0.2) is 6.10 Å². The van der Waals surface area contributed by atoms with Gasteiger partial charge in [-0.05, 0) is 12.8 Å². The molecule has 87 heavy (non-hydrogen) atoms. The molecule has 0 saturated carbocycles. The van der Waals surface area contributed by atoms with Gasteiger partial charge in [-0.25, -0.2) is 0 Å². The number of carbonyl (C=O) groups excluding carboxylic acids is 2. The molecule has 0 aromatic rings. The Bertz CT molecular complexity index is 1420. The first kappa shape index (κ1) is 86.0. The molecule has 9 nitrogen and oxygen atoms in total. The lowest BCUT2D eigenvalue weighted by molar-refractivity contribution is -0.870. The van der Waals surface area contributed by atoms with Crippen molar-refractivity contribution in [2.45, 2.75) is 437 Å². The highest BCUT2D eigenvalue weighted by Gasteiger charge is 2.22. The number of nitrogens with zero attached hydrogens (tertiary/aromatic N) is 1. The molecule has 0 fully saturated rings. The van der Waals surface area contributed by atoms with Gasteiger partial charge in [-0.1, -0.05) is 406 Å². The zero-order valence-corrected chi connectivity index (χ0v) is 60.4. The van der Waals surface area contributed by atoms with Crippen LogP contribution in [0.5, 0.6) is 0 Å². The van der Waals surface area contributed by atoms with E-state index < -0.39 is 26.5 Å². The van der Waals surface area contributed by atoms with Crippen LogP contribution in [0.1, 0.15) is 431 Å². The molecule has 0 amide bonds. The predicted molar refractivity (Wildman–Crippen MR) is 375 cm³/mol. The monoisotopic (exact) mass is 1250 g/mol. The van der Waals surface area contributed by atoms with Crippen molar-refractivity contribution in [3.05, 3.63) is 0 Å². The summed E-state index contributed by atoms with van der Waals surface area (Å²) in [4.78, 5) is 38.1. The van der Waals surface area contributed by atoms with Crippen LogP contribution in [0, 0.1) is 0 Å². The largest absolute Gasteiger partial charge is 0.756 e. The maximum Gasteiger partial charge on any atom is 0.306 e. The van der Waals surface area contributed by atoms with Crippen molar-refractivity contribution in [1.82, 2.24) is 0 Å². The average Bonchev–Trinajstić information content (AvgIpc) is 3.50. The van der Waals surface area contributed by atoms with Crippen LogP contribution in [0.4, 0.5) is 0 Å². The van der Waals surface area contributed by atoms with Gasteiger partial charge in [0.05, 0.1) is 27.7 Å². The average molecular weight is 1250 g/mol. The van der Waals surface area contributed by atoms with Crippen molar-refractivity contribution < 1.29 is 42.1 Å². The fourth-order valence-corrected chi connectivity index (χ4v) is 13.1. The molecule has 0 aliphatic rings. The van der Waals surface area contributed by atoms with Gasteiger partial charge in [0.2, 0.25) is 0 Å². The third-order valence-corrected chi connectivity index (χ3v) is 19.3. The molecular weight excluding hydrogens is 1100 g/mol. The Hall–Kier alpha value is -0.990. The van der Waals surface area contributed by atoms with Crippen molar-refractivity contribution >= 4 is 19.8 Å². The van der Waals surface area contributed by atoms with Crippen LogP contribution < -0.4 is 4.89 Å². The molecular formula is C77H154NO8P. The fraction of sp³-hybridized carbons (Fsp3) is 0.974. The number of hydrogen-bond acceptors (Lipinski definition) is 8. The molecule has 0 saturated heterocycles. The zero-order valence-electron chi connectivity index (χ0n) is 59.5. The minimum absolute atomic E-state index is 0.0247. The van der Waals surface area contributed by atoms with E-state index in [1.165, 1.54) is 366 Å². The molecule has 2 atom stereocenters. The summed E-state index contributed by atoms with van der Waals surface area (Å²) in [6.07, 6.45) is 85.2. The zero-order chi connectivity index (χ0) is 63.4. The highest BCUT2D eigenvalue weighted by atomic mass is 31.2. The second kappa shape index (κ2) is 69.4. The standard InChI is InChI=1S/C77H154NO8P/c1-6-8-10-12-14-16-18-20-22-24-26-28-30-32-34-35-36-37-38-39-40-41-42-44-46-48-50-52-54-56-58-60-62-64-66-68-70-77(80)86-75(74-85-87(81,82)84-72-71-78(3,4)5)73-83-76(79)69-67-65-63-61-59-57-55-53-51-49-47-45-43-33-31-29-27-25-23-21-19-17-15-13-11-9-7-2/h75H,6-74H2,1-5H3. The summed E-state index contributed by atoms with van der Waals surface area (Å²) in [5.74, 6) is -0.801. The Morgan fingerprint density at radius 2 is 0.517 bits per heavy atom. The van der Waals surface area contributed by atoms with Crippen molar-refractivity contribution in [2.75, 3.05) is 47.5 Å². The van der Waals surface area contributed by atoms with Gasteiger partial charge in [-0.3, -0.25) is 14.2 Å². The van der Waals surface area contributed by atoms with Gasteiger partial charge in [0.25, 0.3) is 7.82 Å². The van der Waals surface area contributed by atoms with Gasteiger partial charge < -0.3 is 27.9 Å². The first-order chi connectivity index (χ1) is 42.5. The Morgan fingerprint density at radius 1 is 0.310 bits per heavy atom. The molecule has 0 rings (SSSR count). The van der Waals surface area contributed by atoms with E-state index in [1.807, 2.05) is 21.1 Å². The predicted octanol–water partition coefficient (Wildman–Crippen LogP) is 25.0. The summed E-state index contributed by atoms with van der Waals surface area (Å²) in [6.45, 7) is 4.35. The lowest BCUT2D eigenvalue weighted by atomic mass is 10.0. The van der Waals surface area contributed by atoms with Crippen LogP contribution in [0.2, 0.25) is 0 Å². The molecule has 0 aromatic carbocycles. The SMILES string of the molecule is CCCCCCCCCCCCCCCCCCCCCCCCCCCCCCCCCCCCCCC(=O)OC(COC(=O)CCCCCCCCCCCCCCCCCCCCCCCCCCCCC)COP(=O)([O-])OCC[N+](C)(C)C. The Morgan fingerprint density at radius 3 is 0.736 bits per heavy atom. The van der Waals surface area contributed by atoms with E-state index in [4.69, 9.17) is 18.5 Å². The molecule has 0 heterocycles. The molecule has 0 radical (unpaired) electrons. The quantitative estimate of drug-likeness (QED) is 0.0256. The minimum atomic E-state index is -4.64. The van der Waals surface area contributed by atoms with Crippen molar-refractivity contribution in [3.63, 3.8) is 0 Å². The van der Waals surface area contributed by atoms with Crippen LogP contribution in [0.3, 0.4) is 0 Å². The number of hydrogen-bond donors (Lipinski definition) is 0. The molecule has 0 bridgehead atoms. The second-order valence-corrected chi connectivity index (χ2v) is 29.9. The van der Waals surface area contributed by atoms with Gasteiger partial charge in [0, 0.05) is 12.8 Å². The third kappa shape index (κ3) is 73.9. The maximum atomic E-state index is 12.9. The summed E-state index contributed by atoms with van der Waals surface area (Å²) in [5, 5.41) is 0. The van der Waals surface area contributed by atoms with Crippen molar-refractivity contribution in [1.29, 1.82) is 0 Å². The van der Waals surface area contributed by atoms with Gasteiger partial charge in [0.1, 0.15) is 19.8 Å². The molecule has 520 valence electrons. The van der Waals surface area contributed by atoms with E-state index in [2.05, 4.69) is 13.8 Å². The third-order valence-electron chi connectivity index (χ3n) is 18.4. The number of phosphoric ester groups is 1. The van der Waals surface area contributed by atoms with E-state index in [-0.39, 0.29) is 32.0 Å². The van der Waals surface area contributed by atoms with Crippen LogP contribution in [-0.4, -0.2) is 70.0 Å². The highest BCUT2D eigenvalue weighted by molar-refractivity contribution is 7.45. The molecule has 0 N–H and O–H groups in total. The Balaban J connectivity index is 3.89. The number of esters is 2. The number of quaternary nitrogens is 1. The first-order valence-corrected chi connectivity index (χ1v) is 40.7. The van der Waals surface area contributed by atoms with Crippen molar-refractivity contribution in [3.8, 4) is 0 Å². The van der Waals surface area contributed by atoms with Gasteiger partial charge in [-0.2, -0.15) is 0 Å². The van der Waals surface area contributed by atoms with Crippen LogP contribution >= 0.6 is 7.82 Å². The topological polar surface area (TPSA) is 111 Å². The van der Waals surface area contributed by atoms with E-state index in [9.17, 15) is 19.0 Å². The summed E-state index contributed by atoms with van der Waals surface area (Å²) in [6, 6.07) is 0. The van der Waals surface area contributed by atoms with Gasteiger partial charge in [-0.15, -0.1) is 0 Å². The van der Waals surface area contributed by atoms with E-state index >= 15 is 0 Å². The second-order valence-electron chi connectivity index (χ2n) is 28.5. The van der Waals surface area contributed by atoms with Crippen LogP contribution in [-0.2, 0) is 32.7 Å². The summed E-state index contributed by atoms with van der Waals surface area (Å²) >= 11 is 0. The minimum Gasteiger partial charge on any atom is -0.756 e. The fourth-order valence-electron chi connectivity index (χ4n) is 12.4. The lowest BCUT2D eigenvalue weighted by Crippen LogP contribution is -2.37. The normalized spacial score (nSPS) is 12.9. The first-order valence-electron chi connectivity index (χ1n) is 39.2. The van der Waals surface area contributed by atoms with Crippen molar-refractivity contribution in [2.24, 2.45) is 0 Å². The Kier molecular flexibility index (Phi) is 68.6. The number of unbranched alkanes of at least 4 members (excludes halogenated alkanes) is 61. The van der Waals surface area contributed by atoms with Crippen LogP contribution in [0.25, 0.3) is 0 Å². The number of carbonyl (C=O) groups is 2. The number of ether oxygens (including phenoxy) is 2. The Labute approximate surface area is 544 Å². The van der Waals surface area contributed by atoms with E-state index in [0.717, 1.165) is 32.1 Å². The number of phosphoric acid groups is 1. The molecule has 0 aromatic heterocycles. The lowest BCUT2D eigenvalue weighted by Gasteiger charge is -2.28. The molecule has 10 heteroatoms. The molecule has 0 spiro atoms. The molecule has 0 aliphatic heterocycles.